The molecule has 32 heavy (non-hydrogen) atoms. The van der Waals surface area contributed by atoms with E-state index in [1.165, 1.54) is 16.8 Å². The average Bonchev–Trinajstić information content (AvgIpc) is 3.41. The minimum atomic E-state index is -0.486. The van der Waals surface area contributed by atoms with E-state index in [-0.39, 0.29) is 41.4 Å². The van der Waals surface area contributed by atoms with Crippen LogP contribution in [-0.4, -0.2) is 25.9 Å². The molecule has 5 rings (SSSR count). The first-order chi connectivity index (χ1) is 15.5. The predicted molar refractivity (Wildman–Crippen MR) is 118 cm³/mol. The molecule has 4 aromatic rings. The van der Waals surface area contributed by atoms with E-state index in [1.54, 1.807) is 30.3 Å². The first kappa shape index (κ1) is 20.2. The van der Waals surface area contributed by atoms with Gasteiger partial charge in [0, 0.05) is 10.9 Å². The number of aromatic nitrogens is 4. The Kier molecular flexibility index (Phi) is 5.08. The van der Waals surface area contributed by atoms with Crippen LogP contribution in [0.1, 0.15) is 31.2 Å². The molecule has 4 N–H and O–H groups in total. The lowest BCUT2D eigenvalue weighted by Crippen LogP contribution is -2.15. The Bertz CT molecular complexity index is 1280. The van der Waals surface area contributed by atoms with Gasteiger partial charge < -0.3 is 16.2 Å². The summed E-state index contributed by atoms with van der Waals surface area (Å²) in [6.45, 7) is 0.0396. The number of ether oxygens (including phenoxy) is 1. The molecule has 2 heterocycles. The number of rotatable bonds is 5. The lowest BCUT2D eigenvalue weighted by atomic mass is 10.2. The number of para-hydroxylation sites is 1. The minimum absolute atomic E-state index is 0.0396. The van der Waals surface area contributed by atoms with Crippen LogP contribution in [0.3, 0.4) is 0 Å². The van der Waals surface area contributed by atoms with Crippen molar-refractivity contribution in [2.45, 2.75) is 38.3 Å². The number of fused-ring (bicyclic) bond motifs is 1. The van der Waals surface area contributed by atoms with Gasteiger partial charge in [0.25, 0.3) is 0 Å². The fourth-order valence-corrected chi connectivity index (χ4v) is 4.15. The van der Waals surface area contributed by atoms with Crippen LogP contribution in [0.25, 0.3) is 22.4 Å². The highest BCUT2D eigenvalue weighted by Gasteiger charge is 2.23. The molecule has 9 heteroatoms. The molecular formula is C23H22F2N6O. The maximum absolute atomic E-state index is 14.8. The molecule has 2 aromatic carbocycles. The lowest BCUT2D eigenvalue weighted by molar-refractivity contribution is 0.211. The van der Waals surface area contributed by atoms with Crippen molar-refractivity contribution in [1.29, 1.82) is 0 Å². The van der Waals surface area contributed by atoms with Gasteiger partial charge in [-0.15, -0.1) is 0 Å². The molecule has 0 bridgehead atoms. The standard InChI is InChI=1S/C23H22F2N6O/c24-16-10-4-1-6-13(16)12-31-19-15(9-5-11-17(19)25)18(30-31)23-28-21(26)20(22(27)29-23)32-14-7-2-3-8-14/h1,4-6,9-11,14H,2-3,7-8,12H2,(H4,26,27,28,29). The van der Waals surface area contributed by atoms with Crippen LogP contribution in [0.2, 0.25) is 0 Å². The number of hydrogen-bond acceptors (Lipinski definition) is 6. The molecule has 1 fully saturated rings. The summed E-state index contributed by atoms with van der Waals surface area (Å²) in [4.78, 5) is 8.71. The second-order valence-corrected chi connectivity index (χ2v) is 7.90. The quantitative estimate of drug-likeness (QED) is 0.483. The molecule has 1 saturated carbocycles. The van der Waals surface area contributed by atoms with Crippen LogP contribution in [-0.2, 0) is 6.54 Å². The van der Waals surface area contributed by atoms with Gasteiger partial charge in [0.2, 0.25) is 5.75 Å². The van der Waals surface area contributed by atoms with Crippen LogP contribution in [0.15, 0.2) is 42.5 Å². The molecule has 7 nitrogen and oxygen atoms in total. The fourth-order valence-electron chi connectivity index (χ4n) is 4.15. The summed E-state index contributed by atoms with van der Waals surface area (Å²) in [6.07, 6.45) is 4.11. The van der Waals surface area contributed by atoms with Crippen LogP contribution >= 0.6 is 0 Å². The molecule has 0 saturated heterocycles. The van der Waals surface area contributed by atoms with Gasteiger partial charge in [0.05, 0.1) is 12.6 Å². The zero-order chi connectivity index (χ0) is 22.2. The first-order valence-corrected chi connectivity index (χ1v) is 10.5. The van der Waals surface area contributed by atoms with Crippen molar-refractivity contribution < 1.29 is 13.5 Å². The van der Waals surface area contributed by atoms with Gasteiger partial charge in [-0.05, 0) is 37.8 Å². The summed E-state index contributed by atoms with van der Waals surface area (Å²) in [5, 5.41) is 4.98. The van der Waals surface area contributed by atoms with E-state index in [0.29, 0.717) is 16.6 Å². The topological polar surface area (TPSA) is 105 Å². The highest BCUT2D eigenvalue weighted by Crippen LogP contribution is 2.35. The van der Waals surface area contributed by atoms with Crippen molar-refractivity contribution in [3.8, 4) is 17.3 Å². The summed E-state index contributed by atoms with van der Waals surface area (Å²) in [7, 11) is 0. The van der Waals surface area contributed by atoms with Crippen LogP contribution in [0.4, 0.5) is 20.4 Å². The van der Waals surface area contributed by atoms with E-state index in [0.717, 1.165) is 25.7 Å². The van der Waals surface area contributed by atoms with E-state index in [9.17, 15) is 8.78 Å². The smallest absolute Gasteiger partial charge is 0.204 e. The number of nitrogen functional groups attached to an aromatic ring is 2. The van der Waals surface area contributed by atoms with Crippen LogP contribution in [0.5, 0.6) is 5.75 Å². The van der Waals surface area contributed by atoms with Crippen molar-refractivity contribution in [2.75, 3.05) is 11.5 Å². The second kappa shape index (κ2) is 8.07. The Morgan fingerprint density at radius 3 is 2.34 bits per heavy atom. The second-order valence-electron chi connectivity index (χ2n) is 7.90. The van der Waals surface area contributed by atoms with Crippen LogP contribution in [0, 0.1) is 11.6 Å². The molecule has 0 atom stereocenters. The van der Waals surface area contributed by atoms with E-state index in [4.69, 9.17) is 16.2 Å². The Labute approximate surface area is 183 Å². The monoisotopic (exact) mass is 436 g/mol. The molecule has 1 aliphatic rings. The zero-order valence-electron chi connectivity index (χ0n) is 17.3. The number of nitrogens with two attached hydrogens (primary N) is 2. The van der Waals surface area contributed by atoms with E-state index < -0.39 is 11.6 Å². The number of anilines is 2. The van der Waals surface area contributed by atoms with Gasteiger partial charge in [-0.25, -0.2) is 18.7 Å². The van der Waals surface area contributed by atoms with E-state index >= 15 is 0 Å². The van der Waals surface area contributed by atoms with Crippen LogP contribution < -0.4 is 16.2 Å². The van der Waals surface area contributed by atoms with Crippen molar-refractivity contribution >= 4 is 22.5 Å². The maximum Gasteiger partial charge on any atom is 0.204 e. The Hall–Kier alpha value is -3.75. The summed E-state index contributed by atoms with van der Waals surface area (Å²) in [6, 6.07) is 10.9. The lowest BCUT2D eigenvalue weighted by Gasteiger charge is -2.16. The zero-order valence-corrected chi connectivity index (χ0v) is 17.3. The molecule has 0 unspecified atom stereocenters. The summed E-state index contributed by atoms with van der Waals surface area (Å²) in [5.41, 5.74) is 13.2. The molecule has 2 aromatic heterocycles. The number of nitrogens with zero attached hydrogens (tertiary/aromatic N) is 4. The first-order valence-electron chi connectivity index (χ1n) is 10.5. The average molecular weight is 436 g/mol. The van der Waals surface area contributed by atoms with Gasteiger partial charge in [-0.2, -0.15) is 5.10 Å². The summed E-state index contributed by atoms with van der Waals surface area (Å²) in [5.74, 6) is -0.254. The third-order valence-corrected chi connectivity index (χ3v) is 5.72. The van der Waals surface area contributed by atoms with Crippen molar-refractivity contribution in [3.05, 3.63) is 59.7 Å². The number of halogens is 2. The Balaban J connectivity index is 1.58. The molecule has 0 radical (unpaired) electrons. The molecular weight excluding hydrogens is 414 g/mol. The predicted octanol–water partition coefficient (Wildman–Crippen LogP) is 4.31. The largest absolute Gasteiger partial charge is 0.483 e. The summed E-state index contributed by atoms with van der Waals surface area (Å²) < 4.78 is 36.3. The molecule has 1 aliphatic carbocycles. The Morgan fingerprint density at radius 1 is 0.938 bits per heavy atom. The van der Waals surface area contributed by atoms with Gasteiger partial charge in [0.15, 0.2) is 17.5 Å². The molecule has 0 spiro atoms. The number of benzene rings is 2. The van der Waals surface area contributed by atoms with E-state index in [2.05, 4.69) is 15.1 Å². The fraction of sp³-hybridized carbons (Fsp3) is 0.261. The molecule has 0 amide bonds. The molecule has 0 aliphatic heterocycles. The highest BCUT2D eigenvalue weighted by molar-refractivity contribution is 5.92. The maximum atomic E-state index is 14.8. The van der Waals surface area contributed by atoms with Gasteiger partial charge in [-0.3, -0.25) is 4.68 Å². The van der Waals surface area contributed by atoms with Crippen molar-refractivity contribution in [1.82, 2.24) is 19.7 Å². The molecule has 164 valence electrons. The number of hydrogen-bond donors (Lipinski definition) is 2. The minimum Gasteiger partial charge on any atom is -0.483 e. The highest BCUT2D eigenvalue weighted by atomic mass is 19.1. The SMILES string of the molecule is Nc1nc(-c2nn(Cc3ccccc3F)c3c(F)cccc23)nc(N)c1OC1CCCC1. The summed E-state index contributed by atoms with van der Waals surface area (Å²) >= 11 is 0. The van der Waals surface area contributed by atoms with Crippen molar-refractivity contribution in [2.24, 2.45) is 0 Å². The third kappa shape index (κ3) is 3.59. The van der Waals surface area contributed by atoms with Gasteiger partial charge in [0.1, 0.15) is 22.8 Å². The third-order valence-electron chi connectivity index (χ3n) is 5.72. The Morgan fingerprint density at radius 2 is 1.62 bits per heavy atom. The van der Waals surface area contributed by atoms with Gasteiger partial charge in [-0.1, -0.05) is 30.3 Å². The normalized spacial score (nSPS) is 14.3. The van der Waals surface area contributed by atoms with Crippen molar-refractivity contribution in [3.63, 3.8) is 0 Å². The van der Waals surface area contributed by atoms with E-state index in [1.807, 2.05) is 0 Å². The van der Waals surface area contributed by atoms with Gasteiger partial charge >= 0.3 is 0 Å².